The Labute approximate surface area is 259 Å². The zero-order chi connectivity index (χ0) is 33.0. The summed E-state index contributed by atoms with van der Waals surface area (Å²) in [6.07, 6.45) is -6.76. The van der Waals surface area contributed by atoms with Crippen LogP contribution in [-0.4, -0.2) is 58.4 Å². The fourth-order valence-electron chi connectivity index (χ4n) is 3.59. The predicted molar refractivity (Wildman–Crippen MR) is 158 cm³/mol. The number of hydrogen-bond donors (Lipinski definition) is 2. The van der Waals surface area contributed by atoms with Gasteiger partial charge in [-0.1, -0.05) is 11.6 Å². The van der Waals surface area contributed by atoms with Crippen molar-refractivity contribution >= 4 is 68.0 Å². The second kappa shape index (κ2) is 13.4. The van der Waals surface area contributed by atoms with Crippen LogP contribution in [0.25, 0.3) is 0 Å². The number of sulfonamides is 1. The molecule has 2 N–H and O–H groups in total. The van der Waals surface area contributed by atoms with Crippen LogP contribution >= 0.6 is 22.9 Å². The molecule has 0 spiro atoms. The molecule has 0 atom stereocenters. The number of anilines is 4. The van der Waals surface area contributed by atoms with Crippen molar-refractivity contribution in [2.45, 2.75) is 37.4 Å². The molecule has 0 radical (unpaired) electrons. The summed E-state index contributed by atoms with van der Waals surface area (Å²) in [5.41, 5.74) is -1.01. The van der Waals surface area contributed by atoms with Gasteiger partial charge in [-0.25, -0.2) is 27.4 Å². The fraction of sp³-hybridized carbons (Fsp3) is 0.346. The van der Waals surface area contributed by atoms with E-state index in [1.807, 2.05) is 0 Å². The van der Waals surface area contributed by atoms with Crippen LogP contribution in [-0.2, 0) is 25.7 Å². The van der Waals surface area contributed by atoms with Crippen molar-refractivity contribution in [3.63, 3.8) is 0 Å². The van der Waals surface area contributed by atoms with Gasteiger partial charge in [0.05, 0.1) is 39.7 Å². The Hall–Kier alpha value is -3.83. The largest absolute Gasteiger partial charge is 0.448 e. The van der Waals surface area contributed by atoms with E-state index in [0.717, 1.165) is 41.7 Å². The van der Waals surface area contributed by atoms with Gasteiger partial charge >= 0.3 is 18.4 Å². The molecule has 0 bridgehead atoms. The zero-order valence-corrected chi connectivity index (χ0v) is 26.3. The number of benzene rings is 2. The van der Waals surface area contributed by atoms with Gasteiger partial charge < -0.3 is 25.0 Å². The molecule has 0 aliphatic carbocycles. The zero-order valence-electron chi connectivity index (χ0n) is 24.0. The number of hydrogen-bond acceptors (Lipinski definition) is 10. The molecular weight excluding hydrogens is 654 g/mol. The van der Waals surface area contributed by atoms with Crippen LogP contribution in [0.2, 0.25) is 5.02 Å². The number of thiazole rings is 1. The first-order chi connectivity index (χ1) is 20.3. The predicted octanol–water partition coefficient (Wildman–Crippen LogP) is 6.62. The van der Waals surface area contributed by atoms with Gasteiger partial charge in [-0.3, -0.25) is 0 Å². The summed E-state index contributed by atoms with van der Waals surface area (Å²) < 4.78 is 93.4. The number of carbonyl (C=O) groups is 2. The van der Waals surface area contributed by atoms with E-state index in [1.54, 1.807) is 0 Å². The Morgan fingerprint density at radius 3 is 2.36 bits per heavy atom. The Bertz CT molecular complexity index is 1620. The van der Waals surface area contributed by atoms with Crippen molar-refractivity contribution in [1.29, 1.82) is 0 Å². The number of alkyl carbamates (subject to hydrolysis) is 1. The van der Waals surface area contributed by atoms with E-state index in [9.17, 15) is 31.2 Å². The standard InChI is InChI=1S/C26H28ClF4N5O6S2/c1-25(2,3)42-24(38)36(22-13-43-14-33-22)44(39,40)21-11-16(27)19(12-17(21)28)34-18-7-6-15(26(29,30)31)10-20(18)35(5)8-9-41-23(37)32-4/h6-7,10-14,34H,8-9H2,1-5H3,(H,32,37). The molecule has 18 heteroatoms. The third-order valence-corrected chi connectivity index (χ3v) is 8.17. The van der Waals surface area contributed by atoms with Crippen LogP contribution in [0.3, 0.4) is 0 Å². The minimum absolute atomic E-state index is 0.0202. The molecule has 2 aromatic carbocycles. The monoisotopic (exact) mass is 681 g/mol. The minimum Gasteiger partial charge on any atom is -0.448 e. The molecule has 3 aromatic rings. The topological polar surface area (TPSA) is 130 Å². The molecule has 0 aliphatic heterocycles. The first-order valence-corrected chi connectivity index (χ1v) is 15.3. The van der Waals surface area contributed by atoms with Crippen molar-refractivity contribution in [3.8, 4) is 0 Å². The van der Waals surface area contributed by atoms with Gasteiger partial charge in [-0.15, -0.1) is 15.6 Å². The van der Waals surface area contributed by atoms with Crippen molar-refractivity contribution in [3.05, 3.63) is 57.6 Å². The normalized spacial score (nSPS) is 12.0. The average Bonchev–Trinajstić information content (AvgIpc) is 3.42. The highest BCUT2D eigenvalue weighted by atomic mass is 35.5. The van der Waals surface area contributed by atoms with Crippen LogP contribution in [0.15, 0.2) is 46.1 Å². The number of nitrogens with zero attached hydrogens (tertiary/aromatic N) is 3. The van der Waals surface area contributed by atoms with Crippen LogP contribution < -0.4 is 19.8 Å². The van der Waals surface area contributed by atoms with E-state index >= 15 is 4.39 Å². The van der Waals surface area contributed by atoms with E-state index in [4.69, 9.17) is 21.1 Å². The molecule has 2 amide bonds. The number of nitrogens with one attached hydrogen (secondary N) is 2. The summed E-state index contributed by atoms with van der Waals surface area (Å²) in [4.78, 5) is 28.5. The molecule has 240 valence electrons. The summed E-state index contributed by atoms with van der Waals surface area (Å²) in [7, 11) is -2.18. The van der Waals surface area contributed by atoms with Gasteiger partial charge in [0.1, 0.15) is 22.9 Å². The summed E-state index contributed by atoms with van der Waals surface area (Å²) in [6.45, 7) is 4.32. The van der Waals surface area contributed by atoms with Gasteiger partial charge in [0.25, 0.3) is 10.0 Å². The van der Waals surface area contributed by atoms with Crippen molar-refractivity contribution in [1.82, 2.24) is 10.3 Å². The first kappa shape index (κ1) is 34.7. The van der Waals surface area contributed by atoms with E-state index in [0.29, 0.717) is 0 Å². The van der Waals surface area contributed by atoms with Crippen LogP contribution in [0, 0.1) is 5.82 Å². The Balaban J connectivity index is 2.01. The highest BCUT2D eigenvalue weighted by Gasteiger charge is 2.38. The fourth-order valence-corrected chi connectivity index (χ4v) is 5.80. The maximum absolute atomic E-state index is 15.5. The number of carbonyl (C=O) groups excluding carboxylic acids is 2. The highest BCUT2D eigenvalue weighted by Crippen LogP contribution is 2.39. The molecule has 11 nitrogen and oxygen atoms in total. The highest BCUT2D eigenvalue weighted by molar-refractivity contribution is 7.93. The molecule has 0 saturated heterocycles. The SMILES string of the molecule is CNC(=O)OCCN(C)c1cc(C(F)(F)F)ccc1Nc1cc(F)c(S(=O)(=O)N(C(=O)OC(C)(C)C)c2cscn2)cc1Cl. The van der Waals surface area contributed by atoms with Gasteiger partial charge in [-0.2, -0.15) is 13.2 Å². The lowest BCUT2D eigenvalue weighted by Crippen LogP contribution is -2.41. The molecule has 44 heavy (non-hydrogen) atoms. The molecule has 0 saturated carbocycles. The van der Waals surface area contributed by atoms with E-state index in [-0.39, 0.29) is 45.4 Å². The second-order valence-corrected chi connectivity index (χ2v) is 12.9. The number of likely N-dealkylation sites (N-methyl/N-ethyl adjacent to an activating group) is 1. The number of ether oxygens (including phenoxy) is 2. The number of amides is 2. The van der Waals surface area contributed by atoms with Crippen molar-refractivity contribution in [2.75, 3.05) is 41.8 Å². The number of aromatic nitrogens is 1. The summed E-state index contributed by atoms with van der Waals surface area (Å²) in [6, 6.07) is 4.18. The Morgan fingerprint density at radius 2 is 1.80 bits per heavy atom. The third kappa shape index (κ3) is 8.41. The lowest BCUT2D eigenvalue weighted by atomic mass is 10.1. The number of halogens is 5. The van der Waals surface area contributed by atoms with Crippen LogP contribution in [0.1, 0.15) is 26.3 Å². The third-order valence-electron chi connectivity index (χ3n) is 5.60. The molecule has 0 aliphatic rings. The van der Waals surface area contributed by atoms with Crippen LogP contribution in [0.5, 0.6) is 0 Å². The maximum atomic E-state index is 15.5. The van der Waals surface area contributed by atoms with Crippen LogP contribution in [0.4, 0.5) is 50.0 Å². The van der Waals surface area contributed by atoms with Crippen molar-refractivity contribution in [2.24, 2.45) is 0 Å². The summed E-state index contributed by atoms with van der Waals surface area (Å²) in [5.74, 6) is -1.67. The quantitative estimate of drug-likeness (QED) is 0.239. The second-order valence-electron chi connectivity index (χ2n) is 10.0. The first-order valence-electron chi connectivity index (χ1n) is 12.5. The molecule has 0 unspecified atom stereocenters. The van der Waals surface area contributed by atoms with Gasteiger partial charge in [0, 0.05) is 25.5 Å². The lowest BCUT2D eigenvalue weighted by molar-refractivity contribution is -0.137. The summed E-state index contributed by atoms with van der Waals surface area (Å²) >= 11 is 7.33. The molecule has 1 heterocycles. The van der Waals surface area contributed by atoms with Gasteiger partial charge in [-0.05, 0) is 45.0 Å². The average molecular weight is 682 g/mol. The maximum Gasteiger partial charge on any atom is 0.430 e. The van der Waals surface area contributed by atoms with E-state index < -0.39 is 50.3 Å². The minimum atomic E-state index is -4.97. The Morgan fingerprint density at radius 1 is 1.11 bits per heavy atom. The molecular formula is C26H28ClF4N5O6S2. The van der Waals surface area contributed by atoms with Gasteiger partial charge in [0.2, 0.25) is 0 Å². The van der Waals surface area contributed by atoms with Gasteiger partial charge in [0.15, 0.2) is 5.82 Å². The molecule has 1 aromatic heterocycles. The number of rotatable bonds is 9. The van der Waals surface area contributed by atoms with E-state index in [1.165, 1.54) is 50.7 Å². The lowest BCUT2D eigenvalue weighted by Gasteiger charge is -2.26. The molecule has 0 fully saturated rings. The number of alkyl halides is 3. The molecule has 3 rings (SSSR count). The van der Waals surface area contributed by atoms with E-state index in [2.05, 4.69) is 15.6 Å². The summed E-state index contributed by atoms with van der Waals surface area (Å²) in [5, 5.41) is 5.88. The smallest absolute Gasteiger partial charge is 0.430 e. The van der Waals surface area contributed by atoms with Crippen molar-refractivity contribution < 1.29 is 45.0 Å². The Kier molecular flexibility index (Phi) is 10.6.